The number of pyridine rings is 1. The molecule has 1 atom stereocenters. The van der Waals surface area contributed by atoms with Gasteiger partial charge >= 0.3 is 5.25 Å². The molecule has 2 aromatic rings. The molecular formula is C14H11F2NO2S. The Morgan fingerprint density at radius 1 is 1.10 bits per heavy atom. The number of benzene rings is 1. The summed E-state index contributed by atoms with van der Waals surface area (Å²) in [6, 6.07) is 8.14. The van der Waals surface area contributed by atoms with E-state index in [1.807, 2.05) is 0 Å². The molecule has 0 aliphatic carbocycles. The van der Waals surface area contributed by atoms with Crippen LogP contribution in [0.2, 0.25) is 0 Å². The van der Waals surface area contributed by atoms with Crippen LogP contribution in [-0.2, 0) is 10.8 Å². The van der Waals surface area contributed by atoms with Gasteiger partial charge in [0, 0.05) is 22.9 Å². The summed E-state index contributed by atoms with van der Waals surface area (Å²) in [5, 5.41) is -3.98. The molecular weight excluding hydrogens is 284 g/mol. The highest BCUT2D eigenvalue weighted by Crippen LogP contribution is 2.29. The Kier molecular flexibility index (Phi) is 4.04. The maximum atomic E-state index is 14.0. The lowest BCUT2D eigenvalue weighted by Crippen LogP contribution is -2.33. The summed E-state index contributed by atoms with van der Waals surface area (Å²) in [5.41, 5.74) is 0.639. The molecule has 104 valence electrons. The zero-order valence-corrected chi connectivity index (χ0v) is 11.4. The second-order valence-corrected chi connectivity index (χ2v) is 5.69. The van der Waals surface area contributed by atoms with Crippen LogP contribution >= 0.6 is 0 Å². The van der Waals surface area contributed by atoms with Crippen molar-refractivity contribution >= 4 is 16.6 Å². The van der Waals surface area contributed by atoms with Gasteiger partial charge in [0.1, 0.15) is 10.8 Å². The summed E-state index contributed by atoms with van der Waals surface area (Å²) >= 11 is 0. The molecule has 2 rings (SSSR count). The average Bonchev–Trinajstić information content (AvgIpc) is 2.47. The normalized spacial score (nSPS) is 12.9. The third-order valence-corrected chi connectivity index (χ3v) is 4.03. The maximum absolute atomic E-state index is 14.0. The average molecular weight is 295 g/mol. The zero-order valence-electron chi connectivity index (χ0n) is 10.5. The minimum atomic E-state index is -3.98. The van der Waals surface area contributed by atoms with Crippen LogP contribution < -0.4 is 0 Å². The first-order valence-electron chi connectivity index (χ1n) is 5.74. The van der Waals surface area contributed by atoms with Gasteiger partial charge in [-0.3, -0.25) is 9.78 Å². The number of hydrogen-bond donors (Lipinski definition) is 0. The maximum Gasteiger partial charge on any atom is 0.387 e. The largest absolute Gasteiger partial charge is 0.387 e. The molecule has 1 heterocycles. The highest BCUT2D eigenvalue weighted by atomic mass is 32.2. The molecule has 1 aromatic heterocycles. The van der Waals surface area contributed by atoms with E-state index in [1.54, 1.807) is 19.1 Å². The van der Waals surface area contributed by atoms with Crippen molar-refractivity contribution in [3.63, 3.8) is 0 Å². The molecule has 0 saturated carbocycles. The quantitative estimate of drug-likeness (QED) is 0.815. The Balaban J connectivity index is 2.32. The number of carbonyl (C=O) groups excluding carboxylic acids is 1. The lowest BCUT2D eigenvalue weighted by Gasteiger charge is -2.14. The van der Waals surface area contributed by atoms with Gasteiger partial charge in [0.05, 0.1) is 0 Å². The van der Waals surface area contributed by atoms with Gasteiger partial charge in [-0.2, -0.15) is 8.78 Å². The van der Waals surface area contributed by atoms with Gasteiger partial charge in [0.25, 0.3) is 0 Å². The second-order valence-electron chi connectivity index (χ2n) is 4.16. The fraction of sp³-hybridized carbons (Fsp3) is 0.143. The molecule has 0 N–H and O–H groups in total. The number of nitrogens with zero attached hydrogens (tertiary/aromatic N) is 1. The number of hydrogen-bond acceptors (Lipinski definition) is 3. The van der Waals surface area contributed by atoms with E-state index in [2.05, 4.69) is 4.98 Å². The van der Waals surface area contributed by atoms with Crippen LogP contribution in [-0.4, -0.2) is 20.2 Å². The summed E-state index contributed by atoms with van der Waals surface area (Å²) < 4.78 is 39.9. The number of ketones is 1. The summed E-state index contributed by atoms with van der Waals surface area (Å²) in [6.07, 6.45) is 2.47. The zero-order chi connectivity index (χ0) is 14.8. The van der Waals surface area contributed by atoms with Gasteiger partial charge in [-0.05, 0) is 31.2 Å². The smallest absolute Gasteiger partial charge is 0.286 e. The van der Waals surface area contributed by atoms with E-state index in [9.17, 15) is 17.8 Å². The van der Waals surface area contributed by atoms with Crippen molar-refractivity contribution in [3.8, 4) is 0 Å². The van der Waals surface area contributed by atoms with Crippen molar-refractivity contribution in [2.24, 2.45) is 0 Å². The molecule has 1 unspecified atom stereocenters. The van der Waals surface area contributed by atoms with E-state index in [0.717, 1.165) is 5.56 Å². The van der Waals surface area contributed by atoms with E-state index >= 15 is 0 Å². The lowest BCUT2D eigenvalue weighted by atomic mass is 10.2. The Morgan fingerprint density at radius 3 is 2.20 bits per heavy atom. The Labute approximate surface area is 117 Å². The molecule has 0 amide bonds. The van der Waals surface area contributed by atoms with Crippen LogP contribution in [0.15, 0.2) is 53.7 Å². The van der Waals surface area contributed by atoms with Gasteiger partial charge in [-0.25, -0.2) is 4.21 Å². The Hall–Kier alpha value is -1.95. The van der Waals surface area contributed by atoms with Crippen molar-refractivity contribution in [1.29, 1.82) is 0 Å². The molecule has 6 heteroatoms. The molecule has 20 heavy (non-hydrogen) atoms. The number of Topliss-reactive ketones (excluding diaryl/α,β-unsaturated/α-hetero) is 1. The lowest BCUT2D eigenvalue weighted by molar-refractivity contribution is 0.0547. The van der Waals surface area contributed by atoms with E-state index in [-0.39, 0.29) is 10.5 Å². The van der Waals surface area contributed by atoms with Crippen LogP contribution in [0.5, 0.6) is 0 Å². The van der Waals surface area contributed by atoms with Crippen LogP contribution in [0, 0.1) is 6.92 Å². The number of rotatable bonds is 4. The Bertz CT molecular complexity index is 642. The van der Waals surface area contributed by atoms with Gasteiger partial charge in [0.15, 0.2) is 0 Å². The summed E-state index contributed by atoms with van der Waals surface area (Å²) in [5.74, 6) is -1.47. The molecule has 0 aliphatic rings. The monoisotopic (exact) mass is 295 g/mol. The molecule has 1 aromatic carbocycles. The van der Waals surface area contributed by atoms with Crippen LogP contribution in [0.4, 0.5) is 8.78 Å². The van der Waals surface area contributed by atoms with Gasteiger partial charge < -0.3 is 0 Å². The molecule has 0 spiro atoms. The first kappa shape index (κ1) is 14.5. The molecule has 0 aliphatic heterocycles. The van der Waals surface area contributed by atoms with Crippen molar-refractivity contribution in [2.75, 3.05) is 0 Å². The number of aryl methyl sites for hydroxylation is 1. The van der Waals surface area contributed by atoms with Gasteiger partial charge in [0.2, 0.25) is 5.78 Å². The van der Waals surface area contributed by atoms with Crippen molar-refractivity contribution in [1.82, 2.24) is 4.98 Å². The second kappa shape index (κ2) is 5.58. The topological polar surface area (TPSA) is 47.0 Å². The number of halogens is 2. The molecule has 0 fully saturated rings. The summed E-state index contributed by atoms with van der Waals surface area (Å²) in [7, 11) is -2.74. The summed E-state index contributed by atoms with van der Waals surface area (Å²) in [6.45, 7) is 1.78. The van der Waals surface area contributed by atoms with Gasteiger partial charge in [-0.15, -0.1) is 0 Å². The first-order chi connectivity index (χ1) is 9.43. The van der Waals surface area contributed by atoms with E-state index in [0.29, 0.717) is 0 Å². The number of aromatic nitrogens is 1. The van der Waals surface area contributed by atoms with Crippen molar-refractivity contribution < 1.29 is 17.8 Å². The summed E-state index contributed by atoms with van der Waals surface area (Å²) in [4.78, 5) is 15.3. The molecule has 0 bridgehead atoms. The fourth-order valence-electron chi connectivity index (χ4n) is 1.57. The third kappa shape index (κ3) is 2.80. The van der Waals surface area contributed by atoms with E-state index in [1.165, 1.54) is 36.7 Å². The first-order valence-corrected chi connectivity index (χ1v) is 6.89. The van der Waals surface area contributed by atoms with Crippen LogP contribution in [0.3, 0.4) is 0 Å². The van der Waals surface area contributed by atoms with Crippen molar-refractivity contribution in [2.45, 2.75) is 17.1 Å². The third-order valence-electron chi connectivity index (χ3n) is 2.67. The van der Waals surface area contributed by atoms with Crippen molar-refractivity contribution in [3.05, 3.63) is 59.9 Å². The highest BCUT2D eigenvalue weighted by molar-refractivity contribution is 7.87. The van der Waals surface area contributed by atoms with Crippen LogP contribution in [0.25, 0.3) is 0 Å². The van der Waals surface area contributed by atoms with Crippen LogP contribution in [0.1, 0.15) is 15.9 Å². The predicted octanol–water partition coefficient (Wildman–Crippen LogP) is 2.97. The molecule has 0 radical (unpaired) electrons. The predicted molar refractivity (Wildman–Crippen MR) is 71.1 cm³/mol. The highest BCUT2D eigenvalue weighted by Gasteiger charge is 2.46. The molecule has 0 saturated heterocycles. The number of alkyl halides is 2. The minimum Gasteiger partial charge on any atom is -0.286 e. The fourth-order valence-corrected chi connectivity index (χ4v) is 2.53. The Morgan fingerprint density at radius 2 is 1.65 bits per heavy atom. The van der Waals surface area contributed by atoms with E-state index in [4.69, 9.17) is 0 Å². The SMILES string of the molecule is Cc1ccc(S(=O)C(F)(F)C(=O)c2ccncc2)cc1. The van der Waals surface area contributed by atoms with E-state index < -0.39 is 21.8 Å². The number of carbonyl (C=O) groups is 1. The minimum absolute atomic E-state index is 0.0805. The standard InChI is InChI=1S/C14H11F2NO2S/c1-10-2-4-12(5-3-10)20(19)14(15,16)13(18)11-6-8-17-9-7-11/h2-9H,1H3. The van der Waals surface area contributed by atoms with Gasteiger partial charge in [-0.1, -0.05) is 17.7 Å². The molecule has 3 nitrogen and oxygen atoms in total.